The van der Waals surface area contributed by atoms with Crippen LogP contribution in [0.2, 0.25) is 0 Å². The Hall–Kier alpha value is -1.99. The van der Waals surface area contributed by atoms with Crippen LogP contribution in [0.15, 0.2) is 24.3 Å². The highest BCUT2D eigenvalue weighted by atomic mass is 35.5. The summed E-state index contributed by atoms with van der Waals surface area (Å²) >= 11 is 0. The third-order valence-electron chi connectivity index (χ3n) is 3.16. The van der Waals surface area contributed by atoms with Crippen LogP contribution in [-0.4, -0.2) is 32.2 Å². The Labute approximate surface area is 135 Å². The Morgan fingerprint density at radius 1 is 1.41 bits per heavy atom. The molecule has 0 bridgehead atoms. The Morgan fingerprint density at radius 2 is 2.18 bits per heavy atom. The average molecular weight is 325 g/mol. The number of nitrogens with two attached hydrogens (primary N) is 1. The summed E-state index contributed by atoms with van der Waals surface area (Å²) in [6, 6.07) is 6.93. The lowest BCUT2D eigenvalue weighted by atomic mass is 10.1. The molecule has 2 rings (SSSR count). The summed E-state index contributed by atoms with van der Waals surface area (Å²) < 4.78 is 1.70. The Kier molecular flexibility index (Phi) is 6.94. The molecule has 0 aliphatic carbocycles. The molecule has 0 saturated heterocycles. The lowest BCUT2D eigenvalue weighted by molar-refractivity contribution is -0.117. The van der Waals surface area contributed by atoms with Crippen molar-refractivity contribution in [2.24, 2.45) is 5.73 Å². The van der Waals surface area contributed by atoms with Gasteiger partial charge in [-0.3, -0.25) is 4.79 Å². The van der Waals surface area contributed by atoms with Gasteiger partial charge in [0, 0.05) is 17.8 Å². The molecule has 1 aromatic carbocycles. The zero-order chi connectivity index (χ0) is 15.2. The highest BCUT2D eigenvalue weighted by Crippen LogP contribution is 2.20. The van der Waals surface area contributed by atoms with Gasteiger partial charge in [-0.05, 0) is 35.9 Å². The molecule has 1 unspecified atom stereocenters. The van der Waals surface area contributed by atoms with Gasteiger partial charge in [-0.1, -0.05) is 25.5 Å². The predicted octanol–water partition coefficient (Wildman–Crippen LogP) is 1.85. The van der Waals surface area contributed by atoms with E-state index in [1.165, 1.54) is 0 Å². The maximum absolute atomic E-state index is 11.9. The number of aryl methyl sites for hydroxylation is 1. The predicted molar refractivity (Wildman–Crippen MR) is 87.7 cm³/mol. The highest BCUT2D eigenvalue weighted by Gasteiger charge is 2.13. The summed E-state index contributed by atoms with van der Waals surface area (Å²) in [4.78, 5) is 11.9. The van der Waals surface area contributed by atoms with Crippen LogP contribution in [0.25, 0.3) is 11.4 Å². The molecule has 2 aromatic rings. The molecule has 0 aliphatic rings. The van der Waals surface area contributed by atoms with Gasteiger partial charge in [0.05, 0.1) is 6.04 Å². The van der Waals surface area contributed by atoms with Gasteiger partial charge in [-0.15, -0.1) is 17.5 Å². The van der Waals surface area contributed by atoms with Crippen LogP contribution in [0.1, 0.15) is 26.7 Å². The number of carbonyl (C=O) groups excluding carboxylic acids is 1. The van der Waals surface area contributed by atoms with Crippen LogP contribution in [0.3, 0.4) is 0 Å². The van der Waals surface area contributed by atoms with Crippen LogP contribution in [-0.2, 0) is 11.3 Å². The third-order valence-corrected chi connectivity index (χ3v) is 3.16. The summed E-state index contributed by atoms with van der Waals surface area (Å²) in [5.41, 5.74) is 7.35. The van der Waals surface area contributed by atoms with Crippen molar-refractivity contribution in [3.63, 3.8) is 0 Å². The first-order chi connectivity index (χ1) is 10.2. The highest BCUT2D eigenvalue weighted by molar-refractivity contribution is 5.95. The number of tetrazole rings is 1. The van der Waals surface area contributed by atoms with Crippen molar-refractivity contribution in [3.8, 4) is 11.4 Å². The first-order valence-electron chi connectivity index (χ1n) is 7.08. The monoisotopic (exact) mass is 324 g/mol. The first-order valence-corrected chi connectivity index (χ1v) is 7.08. The molecule has 0 spiro atoms. The summed E-state index contributed by atoms with van der Waals surface area (Å²) in [7, 11) is 0. The van der Waals surface area contributed by atoms with Gasteiger partial charge in [-0.25, -0.2) is 4.68 Å². The molecule has 0 aliphatic heterocycles. The third kappa shape index (κ3) is 4.25. The van der Waals surface area contributed by atoms with Crippen LogP contribution >= 0.6 is 12.4 Å². The maximum Gasteiger partial charge on any atom is 0.241 e. The van der Waals surface area contributed by atoms with Gasteiger partial charge in [0.2, 0.25) is 5.91 Å². The van der Waals surface area contributed by atoms with E-state index in [1.54, 1.807) is 4.68 Å². The standard InChI is InChI=1S/C14H20N6O.ClH/c1-3-6-12(15)14(21)16-11-8-5-7-10(9-11)13-17-18-19-20(13)4-2;/h5,7-9,12H,3-4,6,15H2,1-2H3,(H,16,21);1H. The number of aromatic nitrogens is 4. The van der Waals surface area contributed by atoms with Crippen LogP contribution in [0, 0.1) is 0 Å². The second kappa shape index (κ2) is 8.45. The Morgan fingerprint density at radius 3 is 2.86 bits per heavy atom. The van der Waals surface area contributed by atoms with Crippen molar-refractivity contribution in [2.75, 3.05) is 5.32 Å². The molecule has 22 heavy (non-hydrogen) atoms. The average Bonchev–Trinajstić information content (AvgIpc) is 2.96. The number of hydrogen-bond acceptors (Lipinski definition) is 5. The van der Waals surface area contributed by atoms with Crippen LogP contribution in [0.5, 0.6) is 0 Å². The fourth-order valence-electron chi connectivity index (χ4n) is 2.04. The maximum atomic E-state index is 11.9. The Bertz CT molecular complexity index is 615. The number of nitrogens with one attached hydrogen (secondary N) is 1. The van der Waals surface area contributed by atoms with E-state index in [-0.39, 0.29) is 18.3 Å². The quantitative estimate of drug-likeness (QED) is 0.844. The topological polar surface area (TPSA) is 98.7 Å². The number of carbonyl (C=O) groups is 1. The van der Waals surface area contributed by atoms with Gasteiger partial charge < -0.3 is 11.1 Å². The molecule has 1 atom stereocenters. The minimum absolute atomic E-state index is 0. The van der Waals surface area contributed by atoms with Crippen molar-refractivity contribution in [3.05, 3.63) is 24.3 Å². The van der Waals surface area contributed by atoms with Crippen molar-refractivity contribution in [2.45, 2.75) is 39.3 Å². The fourth-order valence-corrected chi connectivity index (χ4v) is 2.04. The molecular weight excluding hydrogens is 304 g/mol. The number of amides is 1. The fraction of sp³-hybridized carbons (Fsp3) is 0.429. The van der Waals surface area contributed by atoms with E-state index in [4.69, 9.17) is 5.73 Å². The molecule has 1 heterocycles. The van der Waals surface area contributed by atoms with Gasteiger partial charge in [0.15, 0.2) is 5.82 Å². The Balaban J connectivity index is 0.00000242. The molecule has 120 valence electrons. The lowest BCUT2D eigenvalue weighted by Crippen LogP contribution is -2.35. The molecule has 8 heteroatoms. The molecule has 0 saturated carbocycles. The van der Waals surface area contributed by atoms with Crippen molar-refractivity contribution in [1.82, 2.24) is 20.2 Å². The zero-order valence-corrected chi connectivity index (χ0v) is 13.5. The number of hydrogen-bond donors (Lipinski definition) is 2. The van der Waals surface area contributed by atoms with E-state index in [0.29, 0.717) is 24.5 Å². The van der Waals surface area contributed by atoms with Crippen molar-refractivity contribution >= 4 is 24.0 Å². The van der Waals surface area contributed by atoms with E-state index < -0.39 is 6.04 Å². The number of nitrogens with zero attached hydrogens (tertiary/aromatic N) is 4. The van der Waals surface area contributed by atoms with E-state index >= 15 is 0 Å². The summed E-state index contributed by atoms with van der Waals surface area (Å²) in [6.07, 6.45) is 1.54. The molecular formula is C14H21ClN6O. The molecule has 7 nitrogen and oxygen atoms in total. The molecule has 0 radical (unpaired) electrons. The van der Waals surface area contributed by atoms with Crippen molar-refractivity contribution < 1.29 is 4.79 Å². The van der Waals surface area contributed by atoms with Gasteiger partial charge in [-0.2, -0.15) is 0 Å². The van der Waals surface area contributed by atoms with Gasteiger partial charge in [0.1, 0.15) is 0 Å². The zero-order valence-electron chi connectivity index (χ0n) is 12.7. The van der Waals surface area contributed by atoms with E-state index in [1.807, 2.05) is 38.1 Å². The minimum atomic E-state index is -0.486. The second-order valence-electron chi connectivity index (χ2n) is 4.78. The first kappa shape index (κ1) is 18.1. The molecule has 0 fully saturated rings. The summed E-state index contributed by atoms with van der Waals surface area (Å²) in [5.74, 6) is 0.496. The summed E-state index contributed by atoms with van der Waals surface area (Å²) in [5, 5.41) is 14.4. The summed E-state index contributed by atoms with van der Waals surface area (Å²) in [6.45, 7) is 4.65. The van der Waals surface area contributed by atoms with E-state index in [2.05, 4.69) is 20.8 Å². The molecule has 1 aromatic heterocycles. The van der Waals surface area contributed by atoms with E-state index in [0.717, 1.165) is 12.0 Å². The van der Waals surface area contributed by atoms with Crippen LogP contribution in [0.4, 0.5) is 5.69 Å². The minimum Gasteiger partial charge on any atom is -0.325 e. The molecule has 3 N–H and O–H groups in total. The number of rotatable bonds is 6. The largest absolute Gasteiger partial charge is 0.325 e. The normalized spacial score (nSPS) is 11.6. The van der Waals surface area contributed by atoms with Crippen molar-refractivity contribution in [1.29, 1.82) is 0 Å². The SMILES string of the molecule is CCCC(N)C(=O)Nc1cccc(-c2nnnn2CC)c1.Cl. The van der Waals surface area contributed by atoms with Gasteiger partial charge in [0.25, 0.3) is 0 Å². The number of benzene rings is 1. The molecule has 1 amide bonds. The number of anilines is 1. The van der Waals surface area contributed by atoms with E-state index in [9.17, 15) is 4.79 Å². The smallest absolute Gasteiger partial charge is 0.241 e. The van der Waals surface area contributed by atoms with Gasteiger partial charge >= 0.3 is 0 Å². The van der Waals surface area contributed by atoms with Crippen LogP contribution < -0.4 is 11.1 Å². The lowest BCUT2D eigenvalue weighted by Gasteiger charge is -2.12. The second-order valence-corrected chi connectivity index (χ2v) is 4.78. The number of halogens is 1.